The molecule has 5 nitrogen and oxygen atoms in total. The fourth-order valence-electron chi connectivity index (χ4n) is 1.67. The molecule has 1 saturated heterocycles. The summed E-state index contributed by atoms with van der Waals surface area (Å²) >= 11 is 0. The zero-order chi connectivity index (χ0) is 11.6. The number of aliphatic hydroxyl groups is 1. The molecule has 0 aromatic rings. The minimum atomic E-state index is -0.510. The van der Waals surface area contributed by atoms with Crippen molar-refractivity contribution in [3.05, 3.63) is 0 Å². The van der Waals surface area contributed by atoms with Gasteiger partial charge in [-0.3, -0.25) is 0 Å². The van der Waals surface area contributed by atoms with Crippen molar-refractivity contribution in [1.29, 1.82) is 0 Å². The molecule has 16 heavy (non-hydrogen) atoms. The molecule has 0 saturated carbocycles. The van der Waals surface area contributed by atoms with E-state index >= 15 is 0 Å². The maximum Gasteiger partial charge on any atom is 0.410 e. The number of halogens is 1. The lowest BCUT2D eigenvalue weighted by Crippen LogP contribution is -2.41. The second kappa shape index (κ2) is 5.70. The van der Waals surface area contributed by atoms with Gasteiger partial charge in [-0.15, -0.1) is 12.4 Å². The summed E-state index contributed by atoms with van der Waals surface area (Å²) in [6, 6.07) is -0.260. The highest BCUT2D eigenvalue weighted by atomic mass is 35.5. The first-order chi connectivity index (χ1) is 6.83. The Hall–Kier alpha value is -0.520. The van der Waals surface area contributed by atoms with Crippen molar-refractivity contribution in [2.45, 2.75) is 44.9 Å². The van der Waals surface area contributed by atoms with Crippen LogP contribution in [0, 0.1) is 0 Å². The van der Waals surface area contributed by atoms with E-state index in [0.717, 1.165) is 0 Å². The summed E-state index contributed by atoms with van der Waals surface area (Å²) in [6.07, 6.45) is 0.241. The maximum atomic E-state index is 11.7. The molecule has 2 atom stereocenters. The van der Waals surface area contributed by atoms with Crippen LogP contribution in [-0.2, 0) is 4.74 Å². The summed E-state index contributed by atoms with van der Waals surface area (Å²) < 4.78 is 5.22. The van der Waals surface area contributed by atoms with Crippen molar-refractivity contribution in [1.82, 2.24) is 4.90 Å². The Morgan fingerprint density at radius 1 is 1.56 bits per heavy atom. The van der Waals surface area contributed by atoms with Gasteiger partial charge < -0.3 is 20.5 Å². The van der Waals surface area contributed by atoms with E-state index in [0.29, 0.717) is 13.0 Å². The van der Waals surface area contributed by atoms with Gasteiger partial charge in [-0.2, -0.15) is 0 Å². The normalized spacial score (nSPS) is 25.2. The van der Waals surface area contributed by atoms with E-state index < -0.39 is 11.7 Å². The van der Waals surface area contributed by atoms with Crippen molar-refractivity contribution in [2.24, 2.45) is 5.73 Å². The fourth-order valence-corrected chi connectivity index (χ4v) is 1.67. The van der Waals surface area contributed by atoms with Crippen LogP contribution in [0.1, 0.15) is 27.2 Å². The van der Waals surface area contributed by atoms with Gasteiger partial charge in [0.05, 0.1) is 12.6 Å². The summed E-state index contributed by atoms with van der Waals surface area (Å²) in [7, 11) is 0. The van der Waals surface area contributed by atoms with E-state index in [1.165, 1.54) is 4.90 Å². The van der Waals surface area contributed by atoms with Gasteiger partial charge in [0.1, 0.15) is 5.60 Å². The first-order valence-electron chi connectivity index (χ1n) is 5.19. The third kappa shape index (κ3) is 4.15. The third-order valence-electron chi connectivity index (χ3n) is 2.29. The molecule has 1 amide bonds. The third-order valence-corrected chi connectivity index (χ3v) is 2.29. The van der Waals surface area contributed by atoms with Gasteiger partial charge in [0.15, 0.2) is 0 Å². The molecule has 1 aliphatic rings. The first kappa shape index (κ1) is 15.5. The summed E-state index contributed by atoms with van der Waals surface area (Å²) in [4.78, 5) is 13.2. The summed E-state index contributed by atoms with van der Waals surface area (Å²) in [5, 5.41) is 9.10. The van der Waals surface area contributed by atoms with E-state index in [1.807, 2.05) is 20.8 Å². The molecule has 1 rings (SSSR count). The predicted octanol–water partition coefficient (Wildman–Crippen LogP) is 0.737. The lowest BCUT2D eigenvalue weighted by atomic mass is 10.2. The Labute approximate surface area is 102 Å². The highest BCUT2D eigenvalue weighted by molar-refractivity contribution is 5.85. The van der Waals surface area contributed by atoms with Crippen LogP contribution in [-0.4, -0.2) is 46.9 Å². The molecular weight excluding hydrogens is 232 g/mol. The van der Waals surface area contributed by atoms with Crippen LogP contribution in [0.2, 0.25) is 0 Å². The van der Waals surface area contributed by atoms with Crippen molar-refractivity contribution in [2.75, 3.05) is 13.2 Å². The molecule has 0 spiro atoms. The van der Waals surface area contributed by atoms with E-state index in [1.54, 1.807) is 0 Å². The molecule has 0 unspecified atom stereocenters. The van der Waals surface area contributed by atoms with E-state index in [-0.39, 0.29) is 31.1 Å². The minimum absolute atomic E-state index is 0. The number of nitrogens with two attached hydrogens (primary N) is 1. The number of aliphatic hydroxyl groups excluding tert-OH is 1. The summed E-state index contributed by atoms with van der Waals surface area (Å²) in [5.74, 6) is 0. The fraction of sp³-hybridized carbons (Fsp3) is 0.900. The number of rotatable bonds is 1. The van der Waals surface area contributed by atoms with E-state index in [9.17, 15) is 4.79 Å². The van der Waals surface area contributed by atoms with Crippen molar-refractivity contribution in [3.8, 4) is 0 Å². The SMILES string of the molecule is CC(C)(C)OC(=O)N1C[C@@H](N)C[C@H]1CO.Cl. The number of nitrogens with zero attached hydrogens (tertiary/aromatic N) is 1. The van der Waals surface area contributed by atoms with Crippen LogP contribution < -0.4 is 5.73 Å². The summed E-state index contributed by atoms with van der Waals surface area (Å²) in [6.45, 7) is 5.84. The Balaban J connectivity index is 0.00000225. The van der Waals surface area contributed by atoms with Gasteiger partial charge in [-0.1, -0.05) is 0 Å². The molecule has 0 aliphatic carbocycles. The average Bonchev–Trinajstić information content (AvgIpc) is 2.43. The van der Waals surface area contributed by atoms with Crippen molar-refractivity contribution in [3.63, 3.8) is 0 Å². The van der Waals surface area contributed by atoms with Gasteiger partial charge in [-0.05, 0) is 27.2 Å². The van der Waals surface area contributed by atoms with Crippen LogP contribution in [0.3, 0.4) is 0 Å². The number of amides is 1. The minimum Gasteiger partial charge on any atom is -0.444 e. The number of hydrogen-bond acceptors (Lipinski definition) is 4. The molecule has 1 heterocycles. The van der Waals surface area contributed by atoms with Crippen LogP contribution in [0.4, 0.5) is 4.79 Å². The lowest BCUT2D eigenvalue weighted by Gasteiger charge is -2.27. The Morgan fingerprint density at radius 2 is 2.12 bits per heavy atom. The van der Waals surface area contributed by atoms with Gasteiger partial charge in [-0.25, -0.2) is 4.79 Å². The summed E-state index contributed by atoms with van der Waals surface area (Å²) in [5.41, 5.74) is 5.22. The maximum absolute atomic E-state index is 11.7. The average molecular weight is 253 g/mol. The smallest absolute Gasteiger partial charge is 0.410 e. The number of hydrogen-bond donors (Lipinski definition) is 2. The molecule has 96 valence electrons. The molecule has 0 radical (unpaired) electrons. The number of likely N-dealkylation sites (tertiary alicyclic amines) is 1. The zero-order valence-corrected chi connectivity index (χ0v) is 10.8. The highest BCUT2D eigenvalue weighted by Crippen LogP contribution is 2.19. The topological polar surface area (TPSA) is 75.8 Å². The quantitative estimate of drug-likeness (QED) is 0.722. The van der Waals surface area contributed by atoms with Gasteiger partial charge >= 0.3 is 6.09 Å². The zero-order valence-electron chi connectivity index (χ0n) is 9.97. The number of carbonyl (C=O) groups is 1. The standard InChI is InChI=1S/C10H20N2O3.ClH/c1-10(2,3)15-9(14)12-5-7(11)4-8(12)6-13;/h7-8,13H,4-6,11H2,1-3H3;1H/t7-,8-;/m0./s1. The van der Waals surface area contributed by atoms with Crippen LogP contribution in [0.5, 0.6) is 0 Å². The second-order valence-electron chi connectivity index (χ2n) is 4.96. The van der Waals surface area contributed by atoms with Crippen LogP contribution >= 0.6 is 12.4 Å². The molecule has 0 aromatic carbocycles. The van der Waals surface area contributed by atoms with Crippen molar-refractivity contribution < 1.29 is 14.6 Å². The molecule has 0 aromatic heterocycles. The molecule has 6 heteroatoms. The van der Waals surface area contributed by atoms with Gasteiger partial charge in [0, 0.05) is 12.6 Å². The molecular formula is C10H21ClN2O3. The van der Waals surface area contributed by atoms with Gasteiger partial charge in [0.2, 0.25) is 0 Å². The van der Waals surface area contributed by atoms with E-state index in [2.05, 4.69) is 0 Å². The van der Waals surface area contributed by atoms with Gasteiger partial charge in [0.25, 0.3) is 0 Å². The van der Waals surface area contributed by atoms with E-state index in [4.69, 9.17) is 15.6 Å². The molecule has 1 fully saturated rings. The largest absolute Gasteiger partial charge is 0.444 e. The monoisotopic (exact) mass is 252 g/mol. The highest BCUT2D eigenvalue weighted by Gasteiger charge is 2.35. The number of carbonyl (C=O) groups excluding carboxylic acids is 1. The Kier molecular flexibility index (Phi) is 5.52. The number of ether oxygens (including phenoxy) is 1. The van der Waals surface area contributed by atoms with Crippen LogP contribution in [0.25, 0.3) is 0 Å². The Morgan fingerprint density at radius 3 is 2.56 bits per heavy atom. The predicted molar refractivity (Wildman–Crippen MR) is 63.7 cm³/mol. The van der Waals surface area contributed by atoms with Crippen molar-refractivity contribution >= 4 is 18.5 Å². The first-order valence-corrected chi connectivity index (χ1v) is 5.19. The Bertz CT molecular complexity index is 243. The lowest BCUT2D eigenvalue weighted by molar-refractivity contribution is 0.0175. The molecule has 0 bridgehead atoms. The molecule has 3 N–H and O–H groups in total. The molecule has 1 aliphatic heterocycles. The van der Waals surface area contributed by atoms with Crippen LogP contribution in [0.15, 0.2) is 0 Å². The second-order valence-corrected chi connectivity index (χ2v) is 4.96.